The van der Waals surface area contributed by atoms with Crippen molar-refractivity contribution in [2.24, 2.45) is 11.3 Å². The third kappa shape index (κ3) is 12.5. The zero-order chi connectivity index (χ0) is 46.1. The fourth-order valence-corrected chi connectivity index (χ4v) is 8.75. The lowest BCUT2D eigenvalue weighted by Crippen LogP contribution is -2.60. The Balaban J connectivity index is 1.58. The van der Waals surface area contributed by atoms with E-state index in [2.05, 4.69) is 26.6 Å². The summed E-state index contributed by atoms with van der Waals surface area (Å²) >= 11 is 12.7. The second kappa shape index (κ2) is 21.9. The van der Waals surface area contributed by atoms with Gasteiger partial charge in [-0.1, -0.05) is 63.2 Å². The molecule has 3 aliphatic rings. The Bertz CT molecular complexity index is 1820. The van der Waals surface area contributed by atoms with Crippen LogP contribution in [0.1, 0.15) is 104 Å². The van der Waals surface area contributed by atoms with Crippen molar-refractivity contribution in [3.8, 4) is 0 Å². The van der Waals surface area contributed by atoms with E-state index in [1.807, 2.05) is 13.8 Å². The number of hydrogen-bond acceptors (Lipinski definition) is 7. The van der Waals surface area contributed by atoms with Crippen LogP contribution in [0.3, 0.4) is 0 Å². The van der Waals surface area contributed by atoms with Gasteiger partial charge in [-0.05, 0) is 81.5 Å². The third-order valence-corrected chi connectivity index (χ3v) is 12.6. The van der Waals surface area contributed by atoms with E-state index in [0.29, 0.717) is 28.3 Å². The van der Waals surface area contributed by atoms with Crippen molar-refractivity contribution < 1.29 is 51.1 Å². The number of nitrogens with one attached hydrogen (secondary N) is 5. The van der Waals surface area contributed by atoms with Gasteiger partial charge < -0.3 is 36.4 Å². The molecule has 5 N–H and O–H groups in total. The number of carbonyl (C=O) groups excluding carboxylic acids is 7. The second-order valence-corrected chi connectivity index (χ2v) is 17.9. The molecule has 0 aromatic heterocycles. The van der Waals surface area contributed by atoms with Gasteiger partial charge in [0.2, 0.25) is 41.4 Å². The first-order valence-electron chi connectivity index (χ1n) is 21.3. The van der Waals surface area contributed by atoms with Crippen LogP contribution >= 0.6 is 23.2 Å². The summed E-state index contributed by atoms with van der Waals surface area (Å²) in [4.78, 5) is 98.2. The lowest BCUT2D eigenvalue weighted by molar-refractivity contribution is -0.236. The van der Waals surface area contributed by atoms with E-state index in [1.165, 1.54) is 14.0 Å². The Morgan fingerprint density at radius 3 is 2.27 bits per heavy atom. The normalized spacial score (nSPS) is 26.3. The molecule has 7 amide bonds. The molecule has 62 heavy (non-hydrogen) atoms. The predicted molar refractivity (Wildman–Crippen MR) is 223 cm³/mol. The zero-order valence-corrected chi connectivity index (χ0v) is 37.3. The van der Waals surface area contributed by atoms with E-state index in [9.17, 15) is 51.1 Å². The molecule has 1 aromatic rings. The molecule has 7 atom stereocenters. The van der Waals surface area contributed by atoms with Crippen molar-refractivity contribution >= 4 is 64.6 Å². The van der Waals surface area contributed by atoms with E-state index in [-0.39, 0.29) is 62.4 Å². The van der Waals surface area contributed by atoms with Gasteiger partial charge in [0.1, 0.15) is 47.8 Å². The Kier molecular flexibility index (Phi) is 17.9. The standard InChI is InChI=1S/C42H59Cl2F4N7O7/c1-6-29(51-38(60)33-21-27(45)22-55(33)40(62)41(42(46,47)48)15-9-7-10-16-41)35(57)52-30-12-8-11-17-49-34(56)24(4)50-37(59)32(20-25-19-26(43)13-14-28(25)44)54(5)39(61)31(18-23(2)3)53-36(30)58/h13-14,19,23-24,27,29-33H,6-12,15-18,20-22H2,1-5H3,(H,49,56)(H,50,59)(H,51,60)(H,52,57)(H,53,58)/t24-,27-,29+,30+,31+,32+,33+/m1/s1. The summed E-state index contributed by atoms with van der Waals surface area (Å²) in [5, 5.41) is 13.9. The zero-order valence-electron chi connectivity index (χ0n) is 35.8. The molecule has 346 valence electrons. The monoisotopic (exact) mass is 919 g/mol. The molecule has 2 saturated heterocycles. The largest absolute Gasteiger partial charge is 0.403 e. The molecule has 0 unspecified atom stereocenters. The average Bonchev–Trinajstić information content (AvgIpc) is 3.61. The van der Waals surface area contributed by atoms with Crippen molar-refractivity contribution in [3.63, 3.8) is 0 Å². The SMILES string of the molecule is CC[C@H](NC(=O)[C@@H]1C[C@@H](F)CN1C(=O)C1(C(F)(F)F)CCCCC1)C(=O)N[C@H]1CCCCNC(=O)[C@@H](C)NC(=O)[C@H](Cc2cc(Cl)ccc2Cl)N(C)C(=O)[C@H](CC(C)C)NC1=O. The highest BCUT2D eigenvalue weighted by Gasteiger charge is 2.62. The average molecular weight is 921 g/mol. The summed E-state index contributed by atoms with van der Waals surface area (Å²) in [5.41, 5.74) is -2.30. The van der Waals surface area contributed by atoms with Crippen LogP contribution in [0.15, 0.2) is 18.2 Å². The van der Waals surface area contributed by atoms with E-state index in [1.54, 1.807) is 25.1 Å². The number of alkyl halides is 4. The highest BCUT2D eigenvalue weighted by Crippen LogP contribution is 2.51. The van der Waals surface area contributed by atoms with Gasteiger partial charge in [0.25, 0.3) is 0 Å². The van der Waals surface area contributed by atoms with E-state index in [4.69, 9.17) is 23.2 Å². The van der Waals surface area contributed by atoms with Crippen LogP contribution in [0, 0.1) is 11.3 Å². The highest BCUT2D eigenvalue weighted by atomic mass is 35.5. The topological polar surface area (TPSA) is 186 Å². The van der Waals surface area contributed by atoms with E-state index < -0.39 is 121 Å². The first-order chi connectivity index (χ1) is 29.1. The summed E-state index contributed by atoms with van der Waals surface area (Å²) < 4.78 is 58.3. The molecule has 3 fully saturated rings. The number of likely N-dealkylation sites (tertiary alicyclic amines) is 1. The summed E-state index contributed by atoms with van der Waals surface area (Å²) in [5.74, 6) is -5.94. The molecular weight excluding hydrogens is 861 g/mol. The van der Waals surface area contributed by atoms with Gasteiger partial charge in [-0.25, -0.2) is 4.39 Å². The van der Waals surface area contributed by atoms with Gasteiger partial charge in [0.05, 0.1) is 6.54 Å². The molecule has 4 rings (SSSR count). The minimum atomic E-state index is -4.92. The first kappa shape index (κ1) is 50.5. The molecule has 0 spiro atoms. The van der Waals surface area contributed by atoms with Gasteiger partial charge in [-0.15, -0.1) is 0 Å². The molecule has 0 radical (unpaired) electrons. The number of rotatable bonds is 10. The summed E-state index contributed by atoms with van der Waals surface area (Å²) in [6, 6.07) is -3.00. The van der Waals surface area contributed by atoms with Gasteiger partial charge in [-0.3, -0.25) is 33.6 Å². The third-order valence-electron chi connectivity index (χ3n) is 12.0. The molecule has 1 aliphatic carbocycles. The van der Waals surface area contributed by atoms with Crippen LogP contribution in [0.25, 0.3) is 0 Å². The van der Waals surface area contributed by atoms with Crippen molar-refractivity contribution in [3.05, 3.63) is 33.8 Å². The Morgan fingerprint density at radius 1 is 0.968 bits per heavy atom. The number of carbonyl (C=O) groups is 7. The van der Waals surface area contributed by atoms with Crippen molar-refractivity contribution in [2.45, 2.75) is 153 Å². The number of hydrogen-bond donors (Lipinski definition) is 5. The van der Waals surface area contributed by atoms with Crippen LogP contribution in [0.4, 0.5) is 17.6 Å². The van der Waals surface area contributed by atoms with Gasteiger partial charge in [0.15, 0.2) is 0 Å². The minimum absolute atomic E-state index is 0.0202. The van der Waals surface area contributed by atoms with Crippen LogP contribution in [0.5, 0.6) is 0 Å². The highest BCUT2D eigenvalue weighted by molar-refractivity contribution is 6.33. The van der Waals surface area contributed by atoms with Crippen molar-refractivity contribution in [1.82, 2.24) is 36.4 Å². The van der Waals surface area contributed by atoms with Gasteiger partial charge in [-0.2, -0.15) is 13.2 Å². The summed E-state index contributed by atoms with van der Waals surface area (Å²) in [6.07, 6.45) is -6.78. The Morgan fingerprint density at radius 2 is 1.65 bits per heavy atom. The number of nitrogens with zero attached hydrogens (tertiary/aromatic N) is 2. The maximum absolute atomic E-state index is 14.9. The molecule has 20 heteroatoms. The number of benzene rings is 1. The van der Waals surface area contributed by atoms with Crippen LogP contribution in [-0.4, -0.2) is 120 Å². The first-order valence-corrected chi connectivity index (χ1v) is 22.1. The smallest absolute Gasteiger partial charge is 0.354 e. The summed E-state index contributed by atoms with van der Waals surface area (Å²) in [7, 11) is 1.38. The summed E-state index contributed by atoms with van der Waals surface area (Å²) in [6.45, 7) is 6.12. The molecule has 2 aliphatic heterocycles. The molecule has 2 heterocycles. The minimum Gasteiger partial charge on any atom is -0.354 e. The molecular formula is C42H59Cl2F4N7O7. The Labute approximate surface area is 369 Å². The lowest BCUT2D eigenvalue weighted by Gasteiger charge is -2.41. The van der Waals surface area contributed by atoms with Crippen molar-refractivity contribution in [2.75, 3.05) is 20.1 Å². The van der Waals surface area contributed by atoms with Crippen molar-refractivity contribution in [1.29, 1.82) is 0 Å². The number of halogens is 6. The number of likely N-dealkylation sites (N-methyl/N-ethyl adjacent to an activating group) is 1. The fourth-order valence-electron chi connectivity index (χ4n) is 8.36. The van der Waals surface area contributed by atoms with Gasteiger partial charge >= 0.3 is 6.18 Å². The predicted octanol–water partition coefficient (Wildman–Crippen LogP) is 4.53. The fraction of sp³-hybridized carbons (Fsp3) is 0.690. The van der Waals surface area contributed by atoms with Crippen LogP contribution in [-0.2, 0) is 40.0 Å². The lowest BCUT2D eigenvalue weighted by atomic mass is 9.72. The maximum atomic E-state index is 14.9. The molecule has 1 saturated carbocycles. The van der Waals surface area contributed by atoms with E-state index >= 15 is 0 Å². The van der Waals surface area contributed by atoms with Gasteiger partial charge in [0, 0.05) is 36.5 Å². The quantitative estimate of drug-likeness (QED) is 0.214. The molecule has 1 aromatic carbocycles. The number of amides is 7. The maximum Gasteiger partial charge on any atom is 0.403 e. The van der Waals surface area contributed by atoms with Crippen LogP contribution in [0.2, 0.25) is 10.0 Å². The van der Waals surface area contributed by atoms with E-state index in [0.717, 1.165) is 4.90 Å². The second-order valence-electron chi connectivity index (χ2n) is 17.1. The molecule has 14 nitrogen and oxygen atoms in total. The Hall–Kier alpha value is -4.19. The van der Waals surface area contributed by atoms with Crippen LogP contribution < -0.4 is 26.6 Å². The molecule has 0 bridgehead atoms.